The van der Waals surface area contributed by atoms with E-state index in [0.29, 0.717) is 19.4 Å². The van der Waals surface area contributed by atoms with Gasteiger partial charge in [0.25, 0.3) is 0 Å². The number of carbonyl (C=O) groups excluding carboxylic acids is 1. The minimum absolute atomic E-state index is 0.250. The molecular formula is C23H33NO5. The lowest BCUT2D eigenvalue weighted by molar-refractivity contribution is -0.302. The Balaban J connectivity index is 2.09. The molecule has 0 amide bonds. The minimum Gasteiger partial charge on any atom is -0.478 e. The first kappa shape index (κ1) is 23.1. The lowest BCUT2D eigenvalue weighted by Crippen LogP contribution is -2.64. The van der Waals surface area contributed by atoms with Gasteiger partial charge >= 0.3 is 11.9 Å². The largest absolute Gasteiger partial charge is 0.478 e. The molecule has 0 aliphatic carbocycles. The van der Waals surface area contributed by atoms with Gasteiger partial charge in [0.1, 0.15) is 6.10 Å². The summed E-state index contributed by atoms with van der Waals surface area (Å²) in [5, 5.41) is 10.8. The van der Waals surface area contributed by atoms with E-state index in [1.165, 1.54) is 5.56 Å². The third kappa shape index (κ3) is 6.15. The number of piperidine rings is 1. The van der Waals surface area contributed by atoms with Gasteiger partial charge in [0.05, 0.1) is 6.61 Å². The van der Waals surface area contributed by atoms with Crippen molar-refractivity contribution in [3.8, 4) is 0 Å². The van der Waals surface area contributed by atoms with Crippen LogP contribution in [-0.4, -0.2) is 45.9 Å². The van der Waals surface area contributed by atoms with Gasteiger partial charge in [-0.25, -0.2) is 9.59 Å². The van der Waals surface area contributed by atoms with Crippen molar-refractivity contribution in [1.29, 1.82) is 0 Å². The Morgan fingerprint density at radius 3 is 2.38 bits per heavy atom. The molecule has 29 heavy (non-hydrogen) atoms. The average molecular weight is 404 g/mol. The highest BCUT2D eigenvalue weighted by molar-refractivity contribution is 5.90. The highest BCUT2D eigenvalue weighted by Gasteiger charge is 2.50. The molecule has 0 saturated carbocycles. The molecule has 0 radical (unpaired) electrons. The molecule has 1 saturated heterocycles. The molecule has 6 heteroatoms. The van der Waals surface area contributed by atoms with Crippen LogP contribution >= 0.6 is 0 Å². The number of nitrogens with zero attached hydrogens (tertiary/aromatic N) is 1. The summed E-state index contributed by atoms with van der Waals surface area (Å²) in [5.74, 6) is -1.78. The summed E-state index contributed by atoms with van der Waals surface area (Å²) in [6.45, 7) is 9.04. The number of carbonyl (C=O) groups is 2. The maximum atomic E-state index is 12.0. The van der Waals surface area contributed by atoms with Crippen molar-refractivity contribution in [2.75, 3.05) is 6.61 Å². The van der Waals surface area contributed by atoms with Crippen molar-refractivity contribution in [3.63, 3.8) is 0 Å². The predicted molar refractivity (Wildman–Crippen MR) is 111 cm³/mol. The minimum atomic E-state index is -1.17. The summed E-state index contributed by atoms with van der Waals surface area (Å²) in [4.78, 5) is 29.0. The number of carboxylic acid groups (broad SMARTS) is 1. The van der Waals surface area contributed by atoms with Crippen LogP contribution in [0.15, 0.2) is 42.5 Å². The zero-order valence-electron chi connectivity index (χ0n) is 17.9. The maximum absolute atomic E-state index is 12.0. The Labute approximate surface area is 173 Å². The van der Waals surface area contributed by atoms with Gasteiger partial charge in [-0.2, -0.15) is 5.06 Å². The van der Waals surface area contributed by atoms with Crippen molar-refractivity contribution in [2.24, 2.45) is 0 Å². The first-order chi connectivity index (χ1) is 13.7. The van der Waals surface area contributed by atoms with E-state index in [9.17, 15) is 9.59 Å². The van der Waals surface area contributed by atoms with Gasteiger partial charge in [-0.3, -0.25) is 4.84 Å². The number of esters is 1. The highest BCUT2D eigenvalue weighted by atomic mass is 16.7. The van der Waals surface area contributed by atoms with Crippen LogP contribution in [0.3, 0.4) is 0 Å². The summed E-state index contributed by atoms with van der Waals surface area (Å²) in [6, 6.07) is 10.3. The Kier molecular flexibility index (Phi) is 7.99. The molecule has 1 N–H and O–H groups in total. The number of carboxylic acids is 1. The van der Waals surface area contributed by atoms with Crippen LogP contribution in [0.25, 0.3) is 0 Å². The number of hydrogen-bond acceptors (Lipinski definition) is 5. The van der Waals surface area contributed by atoms with E-state index in [1.807, 2.05) is 18.2 Å². The Hall–Kier alpha value is -2.18. The monoisotopic (exact) mass is 403 g/mol. The number of rotatable bonds is 9. The Morgan fingerprint density at radius 2 is 1.79 bits per heavy atom. The highest BCUT2D eigenvalue weighted by Crippen LogP contribution is 2.43. The average Bonchev–Trinajstić information content (AvgIpc) is 2.68. The van der Waals surface area contributed by atoms with E-state index < -0.39 is 11.9 Å². The number of hydroxylamine groups is 2. The second-order valence-corrected chi connectivity index (χ2v) is 8.25. The fourth-order valence-corrected chi connectivity index (χ4v) is 4.32. The van der Waals surface area contributed by atoms with Crippen LogP contribution < -0.4 is 0 Å². The second kappa shape index (κ2) is 10.0. The molecule has 1 unspecified atom stereocenters. The van der Waals surface area contributed by atoms with Crippen LogP contribution in [0, 0.1) is 0 Å². The molecule has 1 aromatic rings. The molecule has 160 valence electrons. The second-order valence-electron chi connectivity index (χ2n) is 8.25. The molecule has 1 aliphatic rings. The van der Waals surface area contributed by atoms with Gasteiger partial charge in [0.15, 0.2) is 0 Å². The molecule has 6 nitrogen and oxygen atoms in total. The van der Waals surface area contributed by atoms with Crippen molar-refractivity contribution in [2.45, 2.75) is 77.0 Å². The van der Waals surface area contributed by atoms with Crippen molar-refractivity contribution in [1.82, 2.24) is 5.06 Å². The van der Waals surface area contributed by atoms with E-state index in [0.717, 1.165) is 31.4 Å². The van der Waals surface area contributed by atoms with Crippen LogP contribution in [0.4, 0.5) is 0 Å². The summed E-state index contributed by atoms with van der Waals surface area (Å²) >= 11 is 0. The van der Waals surface area contributed by atoms with Crippen LogP contribution in [0.5, 0.6) is 0 Å². The molecule has 1 fully saturated rings. The third-order valence-corrected chi connectivity index (χ3v) is 5.73. The summed E-state index contributed by atoms with van der Waals surface area (Å²) < 4.78 is 5.59. The van der Waals surface area contributed by atoms with Gasteiger partial charge in [-0.15, -0.1) is 0 Å². The van der Waals surface area contributed by atoms with Crippen LogP contribution in [0.1, 0.15) is 58.9 Å². The molecule has 0 bridgehead atoms. The normalized spacial score (nSPS) is 21.2. The van der Waals surface area contributed by atoms with Crippen LogP contribution in [-0.2, 0) is 25.6 Å². The van der Waals surface area contributed by atoms with Crippen molar-refractivity contribution < 1.29 is 24.3 Å². The first-order valence-electron chi connectivity index (χ1n) is 10.3. The topological polar surface area (TPSA) is 76.1 Å². The van der Waals surface area contributed by atoms with E-state index >= 15 is 0 Å². The van der Waals surface area contributed by atoms with Gasteiger partial charge in [0.2, 0.25) is 0 Å². The van der Waals surface area contributed by atoms with E-state index in [2.05, 4.69) is 44.9 Å². The lowest BCUT2D eigenvalue weighted by atomic mass is 9.75. The Morgan fingerprint density at radius 1 is 1.14 bits per heavy atom. The van der Waals surface area contributed by atoms with E-state index in [-0.39, 0.29) is 17.2 Å². The number of benzene rings is 1. The molecule has 1 heterocycles. The van der Waals surface area contributed by atoms with E-state index in [1.54, 1.807) is 0 Å². The number of hydrogen-bond donors (Lipinski definition) is 1. The molecule has 1 aromatic carbocycles. The molecule has 0 spiro atoms. The molecule has 2 rings (SSSR count). The van der Waals surface area contributed by atoms with Crippen molar-refractivity contribution in [3.05, 3.63) is 48.0 Å². The zero-order valence-corrected chi connectivity index (χ0v) is 17.9. The van der Waals surface area contributed by atoms with Gasteiger partial charge in [0, 0.05) is 36.1 Å². The molecule has 0 aromatic heterocycles. The van der Waals surface area contributed by atoms with Crippen LogP contribution in [0.2, 0.25) is 0 Å². The number of ether oxygens (including phenoxy) is 1. The SMILES string of the molecule is CCC1(CC)CC(OC(=O)C=CC(=O)O)CC(C)(C)N1OCCc1ccccc1. The number of aliphatic carboxylic acids is 1. The Bertz CT molecular complexity index is 709. The van der Waals surface area contributed by atoms with E-state index in [4.69, 9.17) is 14.7 Å². The van der Waals surface area contributed by atoms with Gasteiger partial charge in [-0.05, 0) is 38.7 Å². The first-order valence-corrected chi connectivity index (χ1v) is 10.3. The molecular weight excluding hydrogens is 370 g/mol. The summed E-state index contributed by atoms with van der Waals surface area (Å²) in [6.07, 6.45) is 5.31. The quantitative estimate of drug-likeness (QED) is 0.493. The van der Waals surface area contributed by atoms with Crippen molar-refractivity contribution >= 4 is 11.9 Å². The zero-order chi connectivity index (χ0) is 21.5. The summed E-state index contributed by atoms with van der Waals surface area (Å²) in [5.41, 5.74) is 0.653. The van der Waals surface area contributed by atoms with Gasteiger partial charge in [-0.1, -0.05) is 44.2 Å². The predicted octanol–water partition coefficient (Wildman–Crippen LogP) is 4.15. The third-order valence-electron chi connectivity index (χ3n) is 5.73. The molecule has 1 aliphatic heterocycles. The van der Waals surface area contributed by atoms with Gasteiger partial charge < -0.3 is 9.84 Å². The molecule has 1 atom stereocenters. The maximum Gasteiger partial charge on any atom is 0.331 e. The fourth-order valence-electron chi connectivity index (χ4n) is 4.32. The summed E-state index contributed by atoms with van der Waals surface area (Å²) in [7, 11) is 0. The smallest absolute Gasteiger partial charge is 0.331 e. The fraction of sp³-hybridized carbons (Fsp3) is 0.565. The standard InChI is InChI=1S/C23H33NO5/c1-5-23(6-2)17-19(29-21(27)13-12-20(25)26)16-22(3,4)24(23)28-15-14-18-10-8-7-9-11-18/h7-13,19H,5-6,14-17H2,1-4H3,(H,25,26). The lowest BCUT2D eigenvalue weighted by Gasteiger charge is -2.55.